The summed E-state index contributed by atoms with van der Waals surface area (Å²) in [4.78, 5) is 2.40. The highest BCUT2D eigenvalue weighted by molar-refractivity contribution is 5.53. The molecule has 1 atom stereocenters. The van der Waals surface area contributed by atoms with Gasteiger partial charge in [0.2, 0.25) is 0 Å². The van der Waals surface area contributed by atoms with Crippen LogP contribution in [0.4, 0.5) is 10.1 Å². The molecule has 92 valence electrons. The highest BCUT2D eigenvalue weighted by Gasteiger charge is 2.34. The fourth-order valence-electron chi connectivity index (χ4n) is 2.78. The number of nitrogens with one attached hydrogen (secondary N) is 1. The summed E-state index contributed by atoms with van der Waals surface area (Å²) in [7, 11) is 0. The second-order valence-corrected chi connectivity index (χ2v) is 5.27. The standard InChI is InChI=1S/C14H19FN2/c1-10-8-12(15)4-5-14(10)17-7-6-16-13(9-17)11-2-3-11/h4-5,8,11,13,16H,2-3,6-7,9H2,1H3. The lowest BCUT2D eigenvalue weighted by Crippen LogP contribution is -2.52. The number of rotatable bonds is 2. The van der Waals surface area contributed by atoms with Crippen LogP contribution >= 0.6 is 0 Å². The van der Waals surface area contributed by atoms with E-state index in [4.69, 9.17) is 0 Å². The Balaban J connectivity index is 1.77. The van der Waals surface area contributed by atoms with E-state index in [2.05, 4.69) is 10.2 Å². The first-order valence-electron chi connectivity index (χ1n) is 6.48. The Morgan fingerprint density at radius 2 is 2.18 bits per heavy atom. The molecule has 1 saturated carbocycles. The van der Waals surface area contributed by atoms with Crippen molar-refractivity contribution in [1.29, 1.82) is 0 Å². The van der Waals surface area contributed by atoms with Crippen LogP contribution in [0.5, 0.6) is 0 Å². The van der Waals surface area contributed by atoms with Crippen LogP contribution in [0, 0.1) is 18.7 Å². The highest BCUT2D eigenvalue weighted by Crippen LogP contribution is 2.34. The molecule has 3 heteroatoms. The zero-order valence-corrected chi connectivity index (χ0v) is 10.2. The lowest BCUT2D eigenvalue weighted by molar-refractivity contribution is 0.418. The van der Waals surface area contributed by atoms with E-state index < -0.39 is 0 Å². The van der Waals surface area contributed by atoms with Crippen molar-refractivity contribution in [2.45, 2.75) is 25.8 Å². The number of benzene rings is 1. The topological polar surface area (TPSA) is 15.3 Å². The van der Waals surface area contributed by atoms with Crippen LogP contribution in [-0.2, 0) is 0 Å². The highest BCUT2D eigenvalue weighted by atomic mass is 19.1. The Hall–Kier alpha value is -1.09. The summed E-state index contributed by atoms with van der Waals surface area (Å²) >= 11 is 0. The van der Waals surface area contributed by atoms with Crippen LogP contribution in [0.25, 0.3) is 0 Å². The molecule has 3 rings (SSSR count). The van der Waals surface area contributed by atoms with Gasteiger partial charge in [-0.1, -0.05) is 0 Å². The maximum Gasteiger partial charge on any atom is 0.123 e. The molecule has 0 aromatic heterocycles. The van der Waals surface area contributed by atoms with Crippen molar-refractivity contribution < 1.29 is 4.39 Å². The molecule has 1 heterocycles. The second-order valence-electron chi connectivity index (χ2n) is 5.27. The van der Waals surface area contributed by atoms with E-state index in [-0.39, 0.29) is 5.82 Å². The third-order valence-corrected chi connectivity index (χ3v) is 3.90. The van der Waals surface area contributed by atoms with Gasteiger partial charge in [0.25, 0.3) is 0 Å². The largest absolute Gasteiger partial charge is 0.368 e. The van der Waals surface area contributed by atoms with Gasteiger partial charge in [-0.2, -0.15) is 0 Å². The Morgan fingerprint density at radius 1 is 1.35 bits per heavy atom. The lowest BCUT2D eigenvalue weighted by atomic mass is 10.1. The summed E-state index contributed by atoms with van der Waals surface area (Å²) < 4.78 is 13.1. The lowest BCUT2D eigenvalue weighted by Gasteiger charge is -2.36. The molecule has 2 aliphatic rings. The fraction of sp³-hybridized carbons (Fsp3) is 0.571. The van der Waals surface area contributed by atoms with Gasteiger partial charge in [-0.25, -0.2) is 4.39 Å². The van der Waals surface area contributed by atoms with E-state index in [1.54, 1.807) is 12.1 Å². The van der Waals surface area contributed by atoms with Gasteiger partial charge >= 0.3 is 0 Å². The average Bonchev–Trinajstić information content (AvgIpc) is 3.13. The van der Waals surface area contributed by atoms with Crippen LogP contribution in [0.2, 0.25) is 0 Å². The van der Waals surface area contributed by atoms with Crippen molar-refractivity contribution in [3.63, 3.8) is 0 Å². The zero-order valence-electron chi connectivity index (χ0n) is 10.2. The van der Waals surface area contributed by atoms with Gasteiger partial charge in [0.15, 0.2) is 0 Å². The van der Waals surface area contributed by atoms with Gasteiger partial charge in [0.05, 0.1) is 0 Å². The van der Waals surface area contributed by atoms with Crippen molar-refractivity contribution >= 4 is 5.69 Å². The number of aryl methyl sites for hydroxylation is 1. The third kappa shape index (κ3) is 2.29. The van der Waals surface area contributed by atoms with Gasteiger partial charge in [-0.3, -0.25) is 0 Å². The van der Waals surface area contributed by atoms with Gasteiger partial charge in [-0.05, 0) is 49.4 Å². The molecule has 1 aliphatic heterocycles. The van der Waals surface area contributed by atoms with E-state index in [1.807, 2.05) is 13.0 Å². The Bertz CT molecular complexity index is 415. The normalized spacial score (nSPS) is 25.1. The Kier molecular flexibility index (Phi) is 2.79. The van der Waals surface area contributed by atoms with E-state index in [9.17, 15) is 4.39 Å². The first-order chi connectivity index (χ1) is 8.24. The molecule has 2 nitrogen and oxygen atoms in total. The smallest absolute Gasteiger partial charge is 0.123 e. The molecule has 1 aliphatic carbocycles. The molecule has 0 bridgehead atoms. The van der Waals surface area contributed by atoms with Crippen LogP contribution in [0.3, 0.4) is 0 Å². The number of anilines is 1. The predicted octanol–water partition coefficient (Wildman–Crippen LogP) is 2.32. The van der Waals surface area contributed by atoms with Crippen LogP contribution in [0.1, 0.15) is 18.4 Å². The maximum atomic E-state index is 13.1. The molecule has 1 aromatic carbocycles. The quantitative estimate of drug-likeness (QED) is 0.845. The summed E-state index contributed by atoms with van der Waals surface area (Å²) in [5.41, 5.74) is 2.24. The summed E-state index contributed by atoms with van der Waals surface area (Å²) in [6.45, 7) is 5.12. The molecule has 1 saturated heterocycles. The summed E-state index contributed by atoms with van der Waals surface area (Å²) in [5.74, 6) is 0.735. The van der Waals surface area contributed by atoms with Crippen molar-refractivity contribution in [3.05, 3.63) is 29.6 Å². The van der Waals surface area contributed by atoms with Crippen molar-refractivity contribution in [2.75, 3.05) is 24.5 Å². The molecule has 1 N–H and O–H groups in total. The number of hydrogen-bond acceptors (Lipinski definition) is 2. The molecule has 0 spiro atoms. The van der Waals surface area contributed by atoms with Crippen molar-refractivity contribution in [2.24, 2.45) is 5.92 Å². The zero-order chi connectivity index (χ0) is 11.8. The molecule has 1 unspecified atom stereocenters. The number of halogens is 1. The molecule has 2 fully saturated rings. The summed E-state index contributed by atoms with van der Waals surface area (Å²) in [6.07, 6.45) is 2.74. The minimum Gasteiger partial charge on any atom is -0.368 e. The minimum absolute atomic E-state index is 0.139. The number of piperazine rings is 1. The molecular weight excluding hydrogens is 215 g/mol. The third-order valence-electron chi connectivity index (χ3n) is 3.90. The maximum absolute atomic E-state index is 13.1. The van der Waals surface area contributed by atoms with E-state index in [0.717, 1.165) is 31.1 Å². The Morgan fingerprint density at radius 3 is 2.88 bits per heavy atom. The number of nitrogens with zero attached hydrogens (tertiary/aromatic N) is 1. The van der Waals surface area contributed by atoms with Crippen molar-refractivity contribution in [1.82, 2.24) is 5.32 Å². The first-order valence-corrected chi connectivity index (χ1v) is 6.48. The molecular formula is C14H19FN2. The minimum atomic E-state index is -0.139. The Labute approximate surface area is 102 Å². The van der Waals surface area contributed by atoms with Gasteiger partial charge < -0.3 is 10.2 Å². The fourth-order valence-corrected chi connectivity index (χ4v) is 2.78. The first kappa shape index (κ1) is 11.0. The summed E-state index contributed by atoms with van der Waals surface area (Å²) in [5, 5.41) is 3.60. The van der Waals surface area contributed by atoms with E-state index >= 15 is 0 Å². The molecule has 17 heavy (non-hydrogen) atoms. The molecule has 1 aromatic rings. The molecule has 0 radical (unpaired) electrons. The van der Waals surface area contributed by atoms with Crippen molar-refractivity contribution in [3.8, 4) is 0 Å². The SMILES string of the molecule is Cc1cc(F)ccc1N1CCNC(C2CC2)C1. The van der Waals surface area contributed by atoms with Crippen LogP contribution in [-0.4, -0.2) is 25.7 Å². The van der Waals surface area contributed by atoms with Gasteiger partial charge in [0.1, 0.15) is 5.82 Å². The predicted molar refractivity (Wildman–Crippen MR) is 67.9 cm³/mol. The average molecular weight is 234 g/mol. The van der Waals surface area contributed by atoms with Crippen LogP contribution in [0.15, 0.2) is 18.2 Å². The molecule has 0 amide bonds. The number of hydrogen-bond donors (Lipinski definition) is 1. The summed E-state index contributed by atoms with van der Waals surface area (Å²) in [6, 6.07) is 5.74. The second kappa shape index (κ2) is 4.30. The monoisotopic (exact) mass is 234 g/mol. The van der Waals surface area contributed by atoms with Gasteiger partial charge in [0, 0.05) is 31.4 Å². The van der Waals surface area contributed by atoms with Gasteiger partial charge in [-0.15, -0.1) is 0 Å². The van der Waals surface area contributed by atoms with E-state index in [0.29, 0.717) is 6.04 Å². The van der Waals surface area contributed by atoms with Crippen LogP contribution < -0.4 is 10.2 Å². The van der Waals surface area contributed by atoms with E-state index in [1.165, 1.54) is 18.5 Å².